The average Bonchev–Trinajstić information content (AvgIpc) is 2.27. The van der Waals surface area contributed by atoms with E-state index in [0.717, 1.165) is 0 Å². The topological polar surface area (TPSA) is 90.7 Å². The van der Waals surface area contributed by atoms with Crippen molar-refractivity contribution in [3.63, 3.8) is 0 Å². The second-order valence-electron chi connectivity index (χ2n) is 3.17. The van der Waals surface area contributed by atoms with E-state index in [-0.39, 0.29) is 11.2 Å². The zero-order valence-electron chi connectivity index (χ0n) is 8.01. The van der Waals surface area contributed by atoms with Crippen LogP contribution in [0.15, 0.2) is 18.2 Å². The predicted molar refractivity (Wildman–Crippen MR) is 56.2 cm³/mol. The average molecular weight is 215 g/mol. The fraction of sp³-hybridized carbons (Fsp3) is 0. The third-order valence-electron chi connectivity index (χ3n) is 2.07. The molecule has 0 unspecified atom stereocenters. The Labute approximate surface area is 91.1 Å². The molecule has 5 nitrogen and oxygen atoms in total. The molecule has 3 N–H and O–H groups in total. The normalized spacial score (nSPS) is 9.88. The molecule has 0 bridgehead atoms. The van der Waals surface area contributed by atoms with E-state index < -0.39 is 13.1 Å². The molecule has 1 aromatic heterocycles. The smallest absolute Gasteiger partial charge is 0.476 e. The number of aromatic carboxylic acids is 1. The first-order chi connectivity index (χ1) is 7.58. The van der Waals surface area contributed by atoms with E-state index in [9.17, 15) is 4.79 Å². The summed E-state index contributed by atoms with van der Waals surface area (Å²) in [6.45, 7) is 0. The maximum absolute atomic E-state index is 10.7. The van der Waals surface area contributed by atoms with Gasteiger partial charge in [-0.3, -0.25) is 0 Å². The van der Waals surface area contributed by atoms with Crippen LogP contribution in [0.2, 0.25) is 0 Å². The van der Waals surface area contributed by atoms with Gasteiger partial charge in [-0.2, -0.15) is 0 Å². The van der Waals surface area contributed by atoms with Crippen molar-refractivity contribution in [1.29, 1.82) is 0 Å². The third-order valence-corrected chi connectivity index (χ3v) is 2.07. The van der Waals surface area contributed by atoms with Crippen LogP contribution in [0.3, 0.4) is 0 Å². The molecular formula is C10H6BNO4. The number of carbonyl (C=O) groups is 1. The van der Waals surface area contributed by atoms with Crippen molar-refractivity contribution in [1.82, 2.24) is 4.98 Å². The summed E-state index contributed by atoms with van der Waals surface area (Å²) in [5.74, 6) is -1.20. The molecule has 0 saturated heterocycles. The lowest BCUT2D eigenvalue weighted by Crippen LogP contribution is -2.29. The maximum Gasteiger partial charge on any atom is 0.488 e. The largest absolute Gasteiger partial charge is 0.488 e. The first-order valence-corrected chi connectivity index (χ1v) is 4.42. The second kappa shape index (κ2) is 3.81. The molecule has 0 amide bonds. The molecule has 0 fully saturated rings. The highest BCUT2D eigenvalue weighted by Crippen LogP contribution is 2.07. The van der Waals surface area contributed by atoms with E-state index in [4.69, 9.17) is 15.2 Å². The minimum Gasteiger partial charge on any atom is -0.476 e. The van der Waals surface area contributed by atoms with Gasteiger partial charge in [0, 0.05) is 0 Å². The number of rotatable bonds is 2. The first kappa shape index (κ1) is 10.4. The van der Waals surface area contributed by atoms with Crippen LogP contribution in [0, 0.1) is 12.1 Å². The van der Waals surface area contributed by atoms with Crippen LogP contribution < -0.4 is 5.46 Å². The molecule has 6 heteroatoms. The number of fused-ring (bicyclic) bond motifs is 1. The molecule has 0 atom stereocenters. The highest BCUT2D eigenvalue weighted by atomic mass is 16.4. The zero-order chi connectivity index (χ0) is 11.7. The van der Waals surface area contributed by atoms with Crippen LogP contribution in [0.25, 0.3) is 10.9 Å². The Morgan fingerprint density at radius 1 is 1.31 bits per heavy atom. The molecule has 0 aliphatic carbocycles. The number of benzene rings is 1. The monoisotopic (exact) mass is 215 g/mol. The summed E-state index contributed by atoms with van der Waals surface area (Å²) >= 11 is 0. The molecule has 0 radical (unpaired) electrons. The standard InChI is InChI=1S/C10H6BNO4/c13-10(14)8-4-2-6-1-3-7(11(15)16)5-9(6)12-8/h1,3,5,15-16H,(H,13,14). The molecule has 0 aliphatic heterocycles. The molecular weight excluding hydrogens is 209 g/mol. The lowest BCUT2D eigenvalue weighted by atomic mass is 9.80. The number of carboxylic acids is 1. The van der Waals surface area contributed by atoms with Crippen molar-refractivity contribution >= 4 is 29.5 Å². The number of aromatic nitrogens is 1. The minimum atomic E-state index is -1.61. The Hall–Kier alpha value is -2.10. The van der Waals surface area contributed by atoms with Crippen molar-refractivity contribution in [2.45, 2.75) is 0 Å². The van der Waals surface area contributed by atoms with E-state index in [0.29, 0.717) is 10.9 Å². The number of hydrogen-bond acceptors (Lipinski definition) is 4. The summed E-state index contributed by atoms with van der Waals surface area (Å²) in [4.78, 5) is 14.5. The zero-order valence-corrected chi connectivity index (χ0v) is 8.01. The van der Waals surface area contributed by atoms with Crippen molar-refractivity contribution in [3.05, 3.63) is 36.0 Å². The van der Waals surface area contributed by atoms with E-state index in [1.807, 2.05) is 0 Å². The predicted octanol–water partition coefficient (Wildman–Crippen LogP) is -0.787. The van der Waals surface area contributed by atoms with Gasteiger partial charge in [-0.15, -0.1) is 0 Å². The van der Waals surface area contributed by atoms with Gasteiger partial charge in [-0.25, -0.2) is 9.78 Å². The van der Waals surface area contributed by atoms with Crippen LogP contribution in [0.4, 0.5) is 0 Å². The van der Waals surface area contributed by atoms with Crippen LogP contribution in [-0.2, 0) is 0 Å². The van der Waals surface area contributed by atoms with E-state index >= 15 is 0 Å². The van der Waals surface area contributed by atoms with Crippen molar-refractivity contribution in [2.75, 3.05) is 0 Å². The van der Waals surface area contributed by atoms with Gasteiger partial charge in [0.2, 0.25) is 0 Å². The van der Waals surface area contributed by atoms with Gasteiger partial charge in [0.1, 0.15) is 0 Å². The maximum atomic E-state index is 10.7. The summed E-state index contributed by atoms with van der Waals surface area (Å²) in [5.41, 5.74) is 0.328. The van der Waals surface area contributed by atoms with Gasteiger partial charge < -0.3 is 15.2 Å². The molecule has 0 spiro atoms. The quantitative estimate of drug-likeness (QED) is 0.571. The van der Waals surface area contributed by atoms with Gasteiger partial charge in [0.05, 0.1) is 10.9 Å². The molecule has 2 rings (SSSR count). The Kier molecular flexibility index (Phi) is 2.48. The molecule has 1 aromatic carbocycles. The molecule has 0 saturated carbocycles. The summed E-state index contributed by atoms with van der Waals surface area (Å²) in [6, 6.07) is 9.50. The molecule has 1 heterocycles. The van der Waals surface area contributed by atoms with E-state index in [2.05, 4.69) is 17.1 Å². The first-order valence-electron chi connectivity index (χ1n) is 4.42. The van der Waals surface area contributed by atoms with Crippen LogP contribution >= 0.6 is 0 Å². The van der Waals surface area contributed by atoms with Gasteiger partial charge in [0.15, 0.2) is 5.69 Å². The third kappa shape index (κ3) is 1.82. The summed E-state index contributed by atoms with van der Waals surface area (Å²) in [6.07, 6.45) is 0. The van der Waals surface area contributed by atoms with Gasteiger partial charge in [0.25, 0.3) is 0 Å². The SMILES string of the molecule is O=C(O)c1c#cc2ccc(B(O)O)cc2n1. The fourth-order valence-electron chi connectivity index (χ4n) is 1.28. The second-order valence-corrected chi connectivity index (χ2v) is 3.17. The van der Waals surface area contributed by atoms with Gasteiger partial charge >= 0.3 is 13.1 Å². The van der Waals surface area contributed by atoms with E-state index in [1.165, 1.54) is 12.1 Å². The van der Waals surface area contributed by atoms with Crippen molar-refractivity contribution in [2.24, 2.45) is 0 Å². The van der Waals surface area contributed by atoms with Crippen molar-refractivity contribution in [3.8, 4) is 0 Å². The summed E-state index contributed by atoms with van der Waals surface area (Å²) in [7, 11) is -1.61. The number of hydrogen-bond donors (Lipinski definition) is 3. The Morgan fingerprint density at radius 3 is 2.69 bits per heavy atom. The van der Waals surface area contributed by atoms with Crippen LogP contribution in [0.5, 0.6) is 0 Å². The van der Waals surface area contributed by atoms with Gasteiger partial charge in [-0.1, -0.05) is 12.1 Å². The van der Waals surface area contributed by atoms with Crippen molar-refractivity contribution < 1.29 is 19.9 Å². The molecule has 78 valence electrons. The molecule has 16 heavy (non-hydrogen) atoms. The Balaban J connectivity index is 2.61. The highest BCUT2D eigenvalue weighted by molar-refractivity contribution is 6.58. The Bertz CT molecular complexity index is 556. The lowest BCUT2D eigenvalue weighted by molar-refractivity contribution is 0.0691. The van der Waals surface area contributed by atoms with Crippen LogP contribution in [-0.4, -0.2) is 33.2 Å². The lowest BCUT2D eigenvalue weighted by Gasteiger charge is -2.00. The van der Waals surface area contributed by atoms with E-state index in [1.54, 1.807) is 6.07 Å². The van der Waals surface area contributed by atoms with Gasteiger partial charge in [-0.05, 0) is 23.7 Å². The fourth-order valence-corrected chi connectivity index (χ4v) is 1.28. The number of nitrogens with zero attached hydrogens (tertiary/aromatic N) is 1. The Morgan fingerprint density at radius 2 is 2.06 bits per heavy atom. The van der Waals surface area contributed by atoms with Crippen LogP contribution in [0.1, 0.15) is 10.5 Å². The summed E-state index contributed by atoms with van der Waals surface area (Å²) in [5, 5.41) is 27.2. The minimum absolute atomic E-state index is 0.246. The highest BCUT2D eigenvalue weighted by Gasteiger charge is 2.12. The summed E-state index contributed by atoms with van der Waals surface area (Å²) < 4.78 is 0. The molecule has 0 aliphatic rings. The number of carboxylic acid groups (broad SMARTS) is 1. The molecule has 2 aromatic rings.